The van der Waals surface area contributed by atoms with Gasteiger partial charge in [-0.1, -0.05) is 17.7 Å². The third-order valence-electron chi connectivity index (χ3n) is 4.37. The summed E-state index contributed by atoms with van der Waals surface area (Å²) in [7, 11) is 0. The third kappa shape index (κ3) is 3.19. The number of halogens is 1. The van der Waals surface area contributed by atoms with Crippen molar-refractivity contribution in [3.05, 3.63) is 55.9 Å². The number of carbonyl (C=O) groups is 1. The molecule has 0 bridgehead atoms. The van der Waals surface area contributed by atoms with Crippen LogP contribution in [0.5, 0.6) is 0 Å². The fraction of sp³-hybridized carbons (Fsp3) is 0.278. The molecule has 1 amide bonds. The van der Waals surface area contributed by atoms with Crippen LogP contribution in [0.4, 0.5) is 5.69 Å². The van der Waals surface area contributed by atoms with Gasteiger partial charge in [0.25, 0.3) is 5.56 Å². The Balaban J connectivity index is 1.96. The Morgan fingerprint density at radius 3 is 2.76 bits per heavy atom. The van der Waals surface area contributed by atoms with Crippen molar-refractivity contribution in [3.63, 3.8) is 0 Å². The van der Waals surface area contributed by atoms with Gasteiger partial charge in [0.2, 0.25) is 5.91 Å². The van der Waals surface area contributed by atoms with Crippen molar-refractivity contribution in [1.29, 1.82) is 0 Å². The number of aryl methyl sites for hydroxylation is 3. The molecule has 0 aliphatic rings. The molecule has 0 spiro atoms. The van der Waals surface area contributed by atoms with Gasteiger partial charge in [-0.25, -0.2) is 4.98 Å². The van der Waals surface area contributed by atoms with E-state index in [-0.39, 0.29) is 11.5 Å². The second kappa shape index (κ2) is 6.61. The molecule has 0 saturated carbocycles. The van der Waals surface area contributed by atoms with Crippen LogP contribution in [0, 0.1) is 20.8 Å². The molecule has 0 aliphatic carbocycles. The van der Waals surface area contributed by atoms with Gasteiger partial charge in [0.15, 0.2) is 0 Å². The summed E-state index contributed by atoms with van der Waals surface area (Å²) in [6.45, 7) is 7.43. The summed E-state index contributed by atoms with van der Waals surface area (Å²) in [5, 5.41) is 3.96. The Hall–Kier alpha value is -2.18. The monoisotopic (exact) mass is 375 g/mol. The van der Waals surface area contributed by atoms with Crippen molar-refractivity contribution < 1.29 is 4.79 Å². The summed E-state index contributed by atoms with van der Waals surface area (Å²) < 4.78 is 1.37. The average Bonchev–Trinajstić information content (AvgIpc) is 2.86. The largest absolute Gasteiger partial charge is 0.324 e. The summed E-state index contributed by atoms with van der Waals surface area (Å²) in [6, 6.07) is 4.60. The second-order valence-corrected chi connectivity index (χ2v) is 7.68. The first-order valence-corrected chi connectivity index (χ1v) is 9.03. The minimum atomic E-state index is -0.692. The number of hydrogen-bond donors (Lipinski definition) is 1. The number of benzene rings is 1. The van der Waals surface area contributed by atoms with Gasteiger partial charge in [-0.3, -0.25) is 14.2 Å². The third-order valence-corrected chi connectivity index (χ3v) is 5.72. The van der Waals surface area contributed by atoms with E-state index < -0.39 is 6.04 Å². The molecule has 1 N–H and O–H groups in total. The lowest BCUT2D eigenvalue weighted by Gasteiger charge is -2.16. The van der Waals surface area contributed by atoms with E-state index in [1.807, 2.05) is 26.8 Å². The van der Waals surface area contributed by atoms with Crippen molar-refractivity contribution in [3.8, 4) is 0 Å². The van der Waals surface area contributed by atoms with Gasteiger partial charge in [0.1, 0.15) is 10.9 Å². The van der Waals surface area contributed by atoms with E-state index in [9.17, 15) is 9.59 Å². The van der Waals surface area contributed by atoms with Crippen molar-refractivity contribution in [2.24, 2.45) is 0 Å². The maximum absolute atomic E-state index is 12.8. The zero-order valence-electron chi connectivity index (χ0n) is 14.4. The van der Waals surface area contributed by atoms with Crippen molar-refractivity contribution in [2.75, 3.05) is 5.32 Å². The minimum absolute atomic E-state index is 0.197. The standard InChI is InChI=1S/C18H18ClN3O2S/c1-9-5-6-13(19)7-14(9)21-16(23)11(3)22-8-20-17-15(18(22)24)10(2)12(4)25-17/h5-8,11H,1-4H3,(H,21,23)/t11-/m1/s1. The number of rotatable bonds is 3. The quantitative estimate of drug-likeness (QED) is 0.744. The van der Waals surface area contributed by atoms with E-state index in [0.717, 1.165) is 16.0 Å². The van der Waals surface area contributed by atoms with Crippen LogP contribution in [0.3, 0.4) is 0 Å². The van der Waals surface area contributed by atoms with E-state index in [1.165, 1.54) is 22.2 Å². The molecule has 130 valence electrons. The molecule has 0 unspecified atom stereocenters. The number of hydrogen-bond acceptors (Lipinski definition) is 4. The van der Waals surface area contributed by atoms with Gasteiger partial charge in [-0.05, 0) is 51.0 Å². The van der Waals surface area contributed by atoms with E-state index in [4.69, 9.17) is 11.6 Å². The number of nitrogens with one attached hydrogen (secondary N) is 1. The molecule has 0 aliphatic heterocycles. The van der Waals surface area contributed by atoms with Crippen LogP contribution >= 0.6 is 22.9 Å². The average molecular weight is 376 g/mol. The lowest BCUT2D eigenvalue weighted by atomic mass is 10.2. The number of thiophene rings is 1. The molecule has 3 rings (SSSR count). The topological polar surface area (TPSA) is 64.0 Å². The number of carbonyl (C=O) groups excluding carboxylic acids is 1. The van der Waals surface area contributed by atoms with Gasteiger partial charge in [0, 0.05) is 15.6 Å². The molecule has 1 aromatic carbocycles. The Kier molecular flexibility index (Phi) is 4.67. The molecule has 0 radical (unpaired) electrons. The maximum atomic E-state index is 12.8. The zero-order chi connectivity index (χ0) is 18.3. The molecule has 1 atom stereocenters. The minimum Gasteiger partial charge on any atom is -0.324 e. The molecule has 2 aromatic heterocycles. The van der Waals surface area contributed by atoms with E-state index in [2.05, 4.69) is 10.3 Å². The number of amides is 1. The normalized spacial score (nSPS) is 12.4. The first-order chi connectivity index (χ1) is 11.8. The molecule has 2 heterocycles. The summed E-state index contributed by atoms with van der Waals surface area (Å²) in [5.74, 6) is -0.293. The smallest absolute Gasteiger partial charge is 0.263 e. The fourth-order valence-corrected chi connectivity index (χ4v) is 3.78. The Bertz CT molecular complexity index is 1040. The first-order valence-electron chi connectivity index (χ1n) is 7.83. The highest BCUT2D eigenvalue weighted by atomic mass is 35.5. The predicted molar refractivity (Wildman–Crippen MR) is 103 cm³/mol. The Labute approximate surface area is 154 Å². The Morgan fingerprint density at radius 1 is 1.32 bits per heavy atom. The van der Waals surface area contributed by atoms with E-state index in [0.29, 0.717) is 20.9 Å². The van der Waals surface area contributed by atoms with E-state index >= 15 is 0 Å². The number of nitrogens with zero attached hydrogens (tertiary/aromatic N) is 2. The van der Waals surface area contributed by atoms with Crippen LogP contribution in [0.25, 0.3) is 10.2 Å². The van der Waals surface area contributed by atoms with Gasteiger partial charge in [-0.15, -0.1) is 11.3 Å². The van der Waals surface area contributed by atoms with Gasteiger partial charge < -0.3 is 5.32 Å². The summed E-state index contributed by atoms with van der Waals surface area (Å²) in [6.07, 6.45) is 1.44. The SMILES string of the molecule is Cc1ccc(Cl)cc1NC(=O)[C@@H](C)n1cnc2sc(C)c(C)c2c1=O. The number of anilines is 1. The first kappa shape index (κ1) is 17.6. The van der Waals surface area contributed by atoms with Crippen LogP contribution in [-0.2, 0) is 4.79 Å². The molecule has 7 heteroatoms. The van der Waals surface area contributed by atoms with Crippen molar-refractivity contribution >= 4 is 44.7 Å². The molecule has 0 saturated heterocycles. The lowest BCUT2D eigenvalue weighted by molar-refractivity contribution is -0.118. The fourth-order valence-electron chi connectivity index (χ4n) is 2.62. The van der Waals surface area contributed by atoms with Crippen LogP contribution < -0.4 is 10.9 Å². The van der Waals surface area contributed by atoms with E-state index in [1.54, 1.807) is 19.1 Å². The zero-order valence-corrected chi connectivity index (χ0v) is 16.0. The summed E-state index contributed by atoms with van der Waals surface area (Å²) >= 11 is 7.48. The predicted octanol–water partition coefficient (Wildman–Crippen LogP) is 4.24. The highest BCUT2D eigenvalue weighted by molar-refractivity contribution is 7.18. The van der Waals surface area contributed by atoms with Crippen LogP contribution in [-0.4, -0.2) is 15.5 Å². The molecular formula is C18H18ClN3O2S. The number of aromatic nitrogens is 2. The number of fused-ring (bicyclic) bond motifs is 1. The molecule has 3 aromatic rings. The highest BCUT2D eigenvalue weighted by Gasteiger charge is 2.20. The van der Waals surface area contributed by atoms with Gasteiger partial charge in [-0.2, -0.15) is 0 Å². The maximum Gasteiger partial charge on any atom is 0.263 e. The van der Waals surface area contributed by atoms with Crippen LogP contribution in [0.15, 0.2) is 29.3 Å². The van der Waals surface area contributed by atoms with Crippen molar-refractivity contribution in [2.45, 2.75) is 33.7 Å². The van der Waals surface area contributed by atoms with Crippen LogP contribution in [0.2, 0.25) is 5.02 Å². The second-order valence-electron chi connectivity index (χ2n) is 6.04. The summed E-state index contributed by atoms with van der Waals surface area (Å²) in [4.78, 5) is 31.5. The Morgan fingerprint density at radius 2 is 2.04 bits per heavy atom. The lowest BCUT2D eigenvalue weighted by Crippen LogP contribution is -2.32. The molecule has 25 heavy (non-hydrogen) atoms. The van der Waals surface area contributed by atoms with Gasteiger partial charge >= 0.3 is 0 Å². The highest BCUT2D eigenvalue weighted by Crippen LogP contribution is 2.26. The van der Waals surface area contributed by atoms with Crippen molar-refractivity contribution in [1.82, 2.24) is 9.55 Å². The molecule has 0 fully saturated rings. The molecular weight excluding hydrogens is 358 g/mol. The van der Waals surface area contributed by atoms with Gasteiger partial charge in [0.05, 0.1) is 11.7 Å². The molecule has 5 nitrogen and oxygen atoms in total. The summed E-state index contributed by atoms with van der Waals surface area (Å²) in [5.41, 5.74) is 2.26. The van der Waals surface area contributed by atoms with Crippen LogP contribution in [0.1, 0.15) is 29.0 Å².